The first-order chi connectivity index (χ1) is 22.0. The molecule has 1 aliphatic heterocycles. The number of carbonyl (C=O) groups is 5. The van der Waals surface area contributed by atoms with Crippen LogP contribution in [0.5, 0.6) is 5.75 Å². The number of rotatable bonds is 13. The molecule has 4 heterocycles. The van der Waals surface area contributed by atoms with Crippen LogP contribution in [0.15, 0.2) is 35.8 Å². The number of aromatic amines is 1. The summed E-state index contributed by atoms with van der Waals surface area (Å²) >= 11 is 1.36. The van der Waals surface area contributed by atoms with Gasteiger partial charge in [0.1, 0.15) is 17.5 Å². The van der Waals surface area contributed by atoms with Crippen LogP contribution in [0, 0.1) is 18.8 Å². The summed E-state index contributed by atoms with van der Waals surface area (Å²) in [5.74, 6) is -2.47. The highest BCUT2D eigenvalue weighted by molar-refractivity contribution is 7.15. The van der Waals surface area contributed by atoms with Gasteiger partial charge in [0.25, 0.3) is 5.91 Å². The van der Waals surface area contributed by atoms with Crippen LogP contribution in [0.1, 0.15) is 66.2 Å². The molecule has 1 saturated heterocycles. The van der Waals surface area contributed by atoms with E-state index in [1.54, 1.807) is 48.2 Å². The molecule has 3 atom stereocenters. The SMILES string of the molecule is COc1cccc2[nH]c(C(=O)N[C@@H](CC(C)C)C(=O)N[C@@H](C[C@@H]3CCCNC3=O)C(=O)COC(=O)c3c(C)nc4sccn34)cc12. The number of nitrogens with zero attached hydrogens (tertiary/aromatic N) is 2. The number of ketones is 1. The number of nitrogens with one attached hydrogen (secondary N) is 4. The molecule has 1 fully saturated rings. The molecule has 0 bridgehead atoms. The minimum Gasteiger partial charge on any atom is -0.496 e. The molecule has 3 aromatic heterocycles. The lowest BCUT2D eigenvalue weighted by atomic mass is 9.90. The number of H-pyrrole nitrogens is 1. The van der Waals surface area contributed by atoms with Crippen molar-refractivity contribution in [3.05, 3.63) is 52.9 Å². The van der Waals surface area contributed by atoms with Crippen LogP contribution in [-0.4, -0.2) is 76.2 Å². The first kappa shape index (κ1) is 32.7. The number of fused-ring (bicyclic) bond motifs is 2. The van der Waals surface area contributed by atoms with Gasteiger partial charge in [0.2, 0.25) is 11.8 Å². The Bertz CT molecular complexity index is 1770. The molecular weight excluding hydrogens is 612 g/mol. The number of Topliss-reactive ketones (excluding diaryl/α,β-unsaturated/α-hetero) is 1. The first-order valence-electron chi connectivity index (χ1n) is 15.2. The number of carbonyl (C=O) groups excluding carboxylic acids is 5. The Labute approximate surface area is 269 Å². The van der Waals surface area contributed by atoms with E-state index in [2.05, 4.69) is 25.9 Å². The normalized spacial score (nSPS) is 16.2. The van der Waals surface area contributed by atoms with Gasteiger partial charge in [0.15, 0.2) is 23.0 Å². The topological polar surface area (TPSA) is 173 Å². The van der Waals surface area contributed by atoms with Gasteiger partial charge in [-0.25, -0.2) is 9.78 Å². The lowest BCUT2D eigenvalue weighted by Gasteiger charge is -2.28. The molecule has 1 aliphatic rings. The highest BCUT2D eigenvalue weighted by atomic mass is 32.1. The van der Waals surface area contributed by atoms with Crippen molar-refractivity contribution in [2.75, 3.05) is 20.3 Å². The first-order valence-corrected chi connectivity index (χ1v) is 16.1. The zero-order valence-corrected chi connectivity index (χ0v) is 27.0. The van der Waals surface area contributed by atoms with Crippen LogP contribution in [0.25, 0.3) is 15.9 Å². The van der Waals surface area contributed by atoms with Crippen molar-refractivity contribution in [2.45, 2.75) is 58.5 Å². The molecule has 14 heteroatoms. The summed E-state index contributed by atoms with van der Waals surface area (Å²) in [7, 11) is 1.54. The van der Waals surface area contributed by atoms with E-state index in [9.17, 15) is 24.0 Å². The molecule has 4 N–H and O–H groups in total. The Morgan fingerprint density at radius 2 is 1.98 bits per heavy atom. The number of methoxy groups -OCH3 is 1. The van der Waals surface area contributed by atoms with E-state index >= 15 is 0 Å². The van der Waals surface area contributed by atoms with Gasteiger partial charge < -0.3 is 30.4 Å². The Morgan fingerprint density at radius 3 is 2.72 bits per heavy atom. The second-order valence-electron chi connectivity index (χ2n) is 11.8. The molecule has 0 radical (unpaired) electrons. The predicted molar refractivity (Wildman–Crippen MR) is 171 cm³/mol. The van der Waals surface area contributed by atoms with Gasteiger partial charge in [-0.05, 0) is 56.7 Å². The van der Waals surface area contributed by atoms with Crippen molar-refractivity contribution in [3.63, 3.8) is 0 Å². The number of ether oxygens (including phenoxy) is 2. The molecule has 5 rings (SSSR count). The Morgan fingerprint density at radius 1 is 1.17 bits per heavy atom. The maximum absolute atomic E-state index is 13.7. The van der Waals surface area contributed by atoms with Crippen LogP contribution >= 0.6 is 11.3 Å². The van der Waals surface area contributed by atoms with Crippen LogP contribution < -0.4 is 20.7 Å². The number of piperidine rings is 1. The Kier molecular flexibility index (Phi) is 10.0. The van der Waals surface area contributed by atoms with Crippen molar-refractivity contribution in [1.82, 2.24) is 30.3 Å². The molecule has 4 aromatic rings. The number of benzene rings is 1. The van der Waals surface area contributed by atoms with Gasteiger partial charge in [-0.1, -0.05) is 19.9 Å². The molecule has 0 spiro atoms. The summed E-state index contributed by atoms with van der Waals surface area (Å²) in [5, 5.41) is 10.9. The van der Waals surface area contributed by atoms with Crippen molar-refractivity contribution < 1.29 is 33.4 Å². The number of hydrogen-bond donors (Lipinski definition) is 4. The fourth-order valence-corrected chi connectivity index (χ4v) is 6.46. The fourth-order valence-electron chi connectivity index (χ4n) is 5.70. The number of imidazole rings is 1. The summed E-state index contributed by atoms with van der Waals surface area (Å²) in [6, 6.07) is 4.94. The third kappa shape index (κ3) is 7.22. The van der Waals surface area contributed by atoms with E-state index in [0.29, 0.717) is 34.9 Å². The van der Waals surface area contributed by atoms with E-state index in [-0.39, 0.29) is 36.1 Å². The average Bonchev–Trinajstić information content (AvgIpc) is 3.74. The van der Waals surface area contributed by atoms with E-state index in [0.717, 1.165) is 11.8 Å². The molecule has 3 amide bonds. The maximum atomic E-state index is 13.7. The molecular formula is C32H38N6O7S. The second-order valence-corrected chi connectivity index (χ2v) is 12.7. The molecule has 46 heavy (non-hydrogen) atoms. The van der Waals surface area contributed by atoms with Crippen molar-refractivity contribution >= 4 is 56.7 Å². The summed E-state index contributed by atoms with van der Waals surface area (Å²) in [5.41, 5.74) is 1.62. The van der Waals surface area contributed by atoms with Crippen molar-refractivity contribution in [2.24, 2.45) is 11.8 Å². The van der Waals surface area contributed by atoms with Gasteiger partial charge in [0.05, 0.1) is 18.8 Å². The summed E-state index contributed by atoms with van der Waals surface area (Å²) < 4.78 is 12.4. The van der Waals surface area contributed by atoms with Crippen LogP contribution in [0.3, 0.4) is 0 Å². The standard InChI is InChI=1S/C32H38N6O7S/c1-17(2)13-23(37-30(42)24-15-20-21(35-24)8-5-9-26(20)44-4)29(41)36-22(14-19-7-6-10-33-28(19)40)25(39)16-45-31(43)27-18(3)34-32-38(27)11-12-46-32/h5,8-9,11-12,15,17,19,22-23,35H,6-7,10,13-14,16H2,1-4H3,(H,33,40)(H,36,41)(H,37,42)/t19-,22-,23-/m0/s1. The Balaban J connectivity index is 1.32. The number of thiazole rings is 1. The summed E-state index contributed by atoms with van der Waals surface area (Å²) in [6.07, 6.45) is 3.29. The highest BCUT2D eigenvalue weighted by Gasteiger charge is 2.33. The van der Waals surface area contributed by atoms with E-state index in [4.69, 9.17) is 9.47 Å². The zero-order chi connectivity index (χ0) is 33.0. The second kappa shape index (κ2) is 14.1. The minimum absolute atomic E-state index is 0.0194. The molecule has 0 aliphatic carbocycles. The van der Waals surface area contributed by atoms with Crippen molar-refractivity contribution in [1.29, 1.82) is 0 Å². The van der Waals surface area contributed by atoms with Gasteiger partial charge in [-0.3, -0.25) is 23.6 Å². The van der Waals surface area contributed by atoms with E-state index in [1.165, 1.54) is 11.3 Å². The number of aryl methyl sites for hydroxylation is 1. The molecule has 244 valence electrons. The lowest BCUT2D eigenvalue weighted by Crippen LogP contribution is -2.54. The zero-order valence-electron chi connectivity index (χ0n) is 26.2. The van der Waals surface area contributed by atoms with Gasteiger partial charge in [-0.15, -0.1) is 11.3 Å². The number of amides is 3. The quantitative estimate of drug-likeness (QED) is 0.160. The molecule has 13 nitrogen and oxygen atoms in total. The van der Waals surface area contributed by atoms with Crippen LogP contribution in [-0.2, 0) is 19.1 Å². The highest BCUT2D eigenvalue weighted by Crippen LogP contribution is 2.26. The largest absolute Gasteiger partial charge is 0.496 e. The smallest absolute Gasteiger partial charge is 0.357 e. The monoisotopic (exact) mass is 650 g/mol. The third-order valence-corrected chi connectivity index (χ3v) is 8.77. The molecule has 0 unspecified atom stereocenters. The third-order valence-electron chi connectivity index (χ3n) is 8.02. The van der Waals surface area contributed by atoms with Crippen LogP contribution in [0.4, 0.5) is 0 Å². The summed E-state index contributed by atoms with van der Waals surface area (Å²) in [6.45, 7) is 5.43. The minimum atomic E-state index is -1.13. The molecule has 0 saturated carbocycles. The van der Waals surface area contributed by atoms with Gasteiger partial charge >= 0.3 is 5.97 Å². The van der Waals surface area contributed by atoms with E-state index in [1.807, 2.05) is 19.9 Å². The predicted octanol–water partition coefficient (Wildman–Crippen LogP) is 3.17. The number of esters is 1. The number of hydrogen-bond acceptors (Lipinski definition) is 9. The van der Waals surface area contributed by atoms with E-state index < -0.39 is 48.2 Å². The Hall–Kier alpha value is -4.72. The van der Waals surface area contributed by atoms with Gasteiger partial charge in [-0.2, -0.15) is 0 Å². The number of aromatic nitrogens is 3. The van der Waals surface area contributed by atoms with Crippen LogP contribution in [0.2, 0.25) is 0 Å². The summed E-state index contributed by atoms with van der Waals surface area (Å²) in [4.78, 5) is 74.2. The average molecular weight is 651 g/mol. The lowest BCUT2D eigenvalue weighted by molar-refractivity contribution is -0.133. The fraction of sp³-hybridized carbons (Fsp3) is 0.438. The molecule has 1 aromatic carbocycles. The van der Waals surface area contributed by atoms with Crippen molar-refractivity contribution in [3.8, 4) is 5.75 Å². The van der Waals surface area contributed by atoms with Gasteiger partial charge in [0, 0.05) is 34.9 Å². The maximum Gasteiger partial charge on any atom is 0.357 e.